The van der Waals surface area contributed by atoms with Crippen LogP contribution in [0.2, 0.25) is 0 Å². The maximum Gasteiger partial charge on any atom is 0.443 e. The molecule has 2 rings (SSSR count). The van der Waals surface area contributed by atoms with E-state index in [4.69, 9.17) is 0 Å². The molecular formula is C15H15F6N3. The fourth-order valence-electron chi connectivity index (χ4n) is 2.50. The van der Waals surface area contributed by atoms with E-state index in [1.54, 1.807) is 19.9 Å². The van der Waals surface area contributed by atoms with Crippen LogP contribution in [0.4, 0.5) is 26.3 Å². The van der Waals surface area contributed by atoms with Gasteiger partial charge in [-0.2, -0.15) is 26.3 Å². The third-order valence-corrected chi connectivity index (χ3v) is 3.51. The first-order valence-electron chi connectivity index (χ1n) is 7.05. The fourth-order valence-corrected chi connectivity index (χ4v) is 2.50. The van der Waals surface area contributed by atoms with E-state index in [0.717, 1.165) is 6.92 Å². The number of hydrogen-bond donors (Lipinski definition) is 0. The van der Waals surface area contributed by atoms with Crippen molar-refractivity contribution in [2.75, 3.05) is 0 Å². The molecule has 0 unspecified atom stereocenters. The number of alkyl halides is 6. The zero-order chi connectivity index (χ0) is 18.3. The summed E-state index contributed by atoms with van der Waals surface area (Å²) in [5, 5.41) is 0. The van der Waals surface area contributed by atoms with E-state index < -0.39 is 35.7 Å². The molecule has 1 aromatic rings. The van der Waals surface area contributed by atoms with E-state index in [-0.39, 0.29) is 5.56 Å². The Morgan fingerprint density at radius 3 is 1.83 bits per heavy atom. The normalized spacial score (nSPS) is 18.5. The number of nitrogens with zero attached hydrogens (tertiary/aromatic N) is 3. The highest BCUT2D eigenvalue weighted by Gasteiger charge is 2.73. The molecular weight excluding hydrogens is 336 g/mol. The van der Waals surface area contributed by atoms with Crippen LogP contribution in [0.3, 0.4) is 0 Å². The molecule has 0 N–H and O–H groups in total. The maximum absolute atomic E-state index is 13.3. The molecule has 0 bridgehead atoms. The molecule has 0 amide bonds. The standard InChI is InChI=1S/C15H15F6N3/c1-9(2)24-10(3)22-13(14(16,17)18,15(19,20)21)23-12(24)11-7-5-4-6-8-11/h4-9H,1-3H3. The Bertz CT molecular complexity index is 644. The van der Waals surface area contributed by atoms with Crippen LogP contribution in [0, 0.1) is 0 Å². The quantitative estimate of drug-likeness (QED) is 0.726. The van der Waals surface area contributed by atoms with Crippen LogP contribution in [0.5, 0.6) is 0 Å². The van der Waals surface area contributed by atoms with Gasteiger partial charge in [0.25, 0.3) is 0 Å². The predicted octanol–water partition coefficient (Wildman–Crippen LogP) is 4.40. The van der Waals surface area contributed by atoms with Crippen molar-refractivity contribution < 1.29 is 26.3 Å². The van der Waals surface area contributed by atoms with Gasteiger partial charge in [-0.15, -0.1) is 0 Å². The lowest BCUT2D eigenvalue weighted by Gasteiger charge is -2.40. The summed E-state index contributed by atoms with van der Waals surface area (Å²) in [7, 11) is 0. The van der Waals surface area contributed by atoms with E-state index >= 15 is 0 Å². The van der Waals surface area contributed by atoms with Crippen LogP contribution >= 0.6 is 0 Å². The van der Waals surface area contributed by atoms with Gasteiger partial charge in [0.2, 0.25) is 0 Å². The molecule has 0 atom stereocenters. The SMILES string of the molecule is CC1=NC(C(F)(F)F)(C(F)(F)F)N=C(c2ccccc2)N1C(C)C. The summed E-state index contributed by atoms with van der Waals surface area (Å²) in [6.07, 6.45) is -11.4. The van der Waals surface area contributed by atoms with Crippen LogP contribution < -0.4 is 0 Å². The lowest BCUT2D eigenvalue weighted by atomic mass is 10.1. The van der Waals surface area contributed by atoms with Gasteiger partial charge in [0.15, 0.2) is 0 Å². The zero-order valence-electron chi connectivity index (χ0n) is 13.1. The first kappa shape index (κ1) is 18.3. The zero-order valence-corrected chi connectivity index (χ0v) is 13.1. The highest BCUT2D eigenvalue weighted by molar-refractivity contribution is 6.10. The molecule has 0 saturated heterocycles. The summed E-state index contributed by atoms with van der Waals surface area (Å²) in [6, 6.07) is 7.02. The van der Waals surface area contributed by atoms with Gasteiger partial charge < -0.3 is 4.90 Å². The Morgan fingerprint density at radius 2 is 1.42 bits per heavy atom. The maximum atomic E-state index is 13.3. The van der Waals surface area contributed by atoms with Gasteiger partial charge in [-0.1, -0.05) is 30.3 Å². The molecule has 9 heteroatoms. The van der Waals surface area contributed by atoms with Gasteiger partial charge in [0.1, 0.15) is 11.7 Å². The van der Waals surface area contributed by atoms with Gasteiger partial charge in [0, 0.05) is 11.6 Å². The van der Waals surface area contributed by atoms with Gasteiger partial charge in [0.05, 0.1) is 0 Å². The molecule has 1 heterocycles. The smallest absolute Gasteiger partial charge is 0.312 e. The Kier molecular flexibility index (Phi) is 4.41. The molecule has 1 aromatic carbocycles. The van der Waals surface area contributed by atoms with Crippen LogP contribution in [0.1, 0.15) is 26.3 Å². The highest BCUT2D eigenvalue weighted by Crippen LogP contribution is 2.49. The van der Waals surface area contributed by atoms with Crippen LogP contribution in [-0.4, -0.2) is 40.6 Å². The number of benzene rings is 1. The minimum Gasteiger partial charge on any atom is -0.312 e. The average molecular weight is 351 g/mol. The molecule has 0 radical (unpaired) electrons. The monoisotopic (exact) mass is 351 g/mol. The second kappa shape index (κ2) is 5.78. The Hall–Kier alpha value is -2.06. The largest absolute Gasteiger partial charge is 0.443 e. The summed E-state index contributed by atoms with van der Waals surface area (Å²) in [4.78, 5) is 7.28. The van der Waals surface area contributed by atoms with E-state index in [1.807, 2.05) is 0 Å². The van der Waals surface area contributed by atoms with Crippen LogP contribution in [0.15, 0.2) is 40.3 Å². The average Bonchev–Trinajstić information content (AvgIpc) is 2.44. The van der Waals surface area contributed by atoms with Crippen molar-refractivity contribution >= 4 is 11.7 Å². The number of aliphatic imine (C=N–C) groups is 2. The molecule has 0 fully saturated rings. The first-order chi connectivity index (χ1) is 10.9. The third kappa shape index (κ3) is 2.87. The Morgan fingerprint density at radius 1 is 0.917 bits per heavy atom. The van der Waals surface area contributed by atoms with Gasteiger partial charge >= 0.3 is 18.0 Å². The van der Waals surface area contributed by atoms with E-state index in [0.29, 0.717) is 0 Å². The van der Waals surface area contributed by atoms with Crippen LogP contribution in [0.25, 0.3) is 0 Å². The second-order valence-corrected chi connectivity index (χ2v) is 5.59. The topological polar surface area (TPSA) is 28.0 Å². The minimum absolute atomic E-state index is 0.151. The van der Waals surface area contributed by atoms with E-state index in [1.165, 1.54) is 29.2 Å². The molecule has 132 valence electrons. The van der Waals surface area contributed by atoms with Gasteiger partial charge in [-0.3, -0.25) is 0 Å². The molecule has 0 spiro atoms. The minimum atomic E-state index is -5.71. The Labute approximate surface area is 134 Å². The summed E-state index contributed by atoms with van der Waals surface area (Å²) >= 11 is 0. The van der Waals surface area contributed by atoms with Crippen molar-refractivity contribution in [1.29, 1.82) is 0 Å². The van der Waals surface area contributed by atoms with Crippen molar-refractivity contribution in [1.82, 2.24) is 4.90 Å². The molecule has 0 aliphatic carbocycles. The van der Waals surface area contributed by atoms with Gasteiger partial charge in [-0.25, -0.2) is 9.98 Å². The van der Waals surface area contributed by atoms with Crippen molar-refractivity contribution in [2.45, 2.75) is 44.8 Å². The molecule has 1 aliphatic heterocycles. The summed E-state index contributed by atoms with van der Waals surface area (Å²) in [5.74, 6) is -0.804. The lowest BCUT2D eigenvalue weighted by Crippen LogP contribution is -2.60. The van der Waals surface area contributed by atoms with E-state index in [9.17, 15) is 26.3 Å². The highest BCUT2D eigenvalue weighted by atomic mass is 19.4. The fraction of sp³-hybridized carbons (Fsp3) is 0.467. The Balaban J connectivity index is 2.78. The van der Waals surface area contributed by atoms with Crippen molar-refractivity contribution in [3.63, 3.8) is 0 Å². The molecule has 3 nitrogen and oxygen atoms in total. The molecule has 24 heavy (non-hydrogen) atoms. The van der Waals surface area contributed by atoms with E-state index in [2.05, 4.69) is 9.98 Å². The third-order valence-electron chi connectivity index (χ3n) is 3.51. The van der Waals surface area contributed by atoms with Crippen molar-refractivity contribution in [2.24, 2.45) is 9.98 Å². The van der Waals surface area contributed by atoms with Crippen LogP contribution in [-0.2, 0) is 0 Å². The van der Waals surface area contributed by atoms with Crippen molar-refractivity contribution in [3.8, 4) is 0 Å². The molecule has 0 aromatic heterocycles. The first-order valence-corrected chi connectivity index (χ1v) is 7.05. The summed E-state index contributed by atoms with van der Waals surface area (Å²) in [5.41, 5.74) is -4.35. The number of halogens is 6. The van der Waals surface area contributed by atoms with Crippen molar-refractivity contribution in [3.05, 3.63) is 35.9 Å². The number of amidine groups is 2. The summed E-state index contributed by atoms with van der Waals surface area (Å²) < 4.78 is 80.0. The number of hydrogen-bond acceptors (Lipinski definition) is 3. The summed E-state index contributed by atoms with van der Waals surface area (Å²) in [6.45, 7) is 4.38. The predicted molar refractivity (Wildman–Crippen MR) is 77.9 cm³/mol. The second-order valence-electron chi connectivity index (χ2n) is 5.59. The lowest BCUT2D eigenvalue weighted by molar-refractivity contribution is -0.293. The molecule has 0 saturated carbocycles. The number of rotatable bonds is 2. The molecule has 1 aliphatic rings. The van der Waals surface area contributed by atoms with Gasteiger partial charge in [-0.05, 0) is 20.8 Å².